The molecule has 0 aromatic heterocycles. The van der Waals surface area contributed by atoms with E-state index >= 15 is 0 Å². The topological polar surface area (TPSA) is 113 Å². The van der Waals surface area contributed by atoms with E-state index < -0.39 is 10.9 Å². The van der Waals surface area contributed by atoms with Crippen LogP contribution in [0.5, 0.6) is 0 Å². The third kappa shape index (κ3) is 3.05. The van der Waals surface area contributed by atoms with Crippen molar-refractivity contribution in [1.82, 2.24) is 9.62 Å². The molecule has 1 amide bonds. The van der Waals surface area contributed by atoms with E-state index in [9.17, 15) is 24.8 Å². The van der Waals surface area contributed by atoms with Gasteiger partial charge in [-0.25, -0.2) is 9.52 Å². The number of hydrogen-bond donors (Lipinski definition) is 2. The Bertz CT molecular complexity index is 723. The number of carbonyl (C=O) groups excluding carboxylic acids is 1. The summed E-state index contributed by atoms with van der Waals surface area (Å²) in [4.78, 5) is 35.0. The second-order valence-corrected chi connectivity index (χ2v) is 6.98. The number of benzene rings is 1. The van der Waals surface area contributed by atoms with Gasteiger partial charge in [0.15, 0.2) is 0 Å². The van der Waals surface area contributed by atoms with E-state index in [1.165, 1.54) is 28.8 Å². The number of para-hydroxylation sites is 1. The molecular weight excluding hydrogens is 342 g/mol. The van der Waals surface area contributed by atoms with Gasteiger partial charge in [-0.3, -0.25) is 19.8 Å². The van der Waals surface area contributed by atoms with Gasteiger partial charge in [-0.15, -0.1) is 11.8 Å². The molecule has 2 aliphatic rings. The number of fused-ring (bicyclic) bond motifs is 1. The van der Waals surface area contributed by atoms with Gasteiger partial charge >= 0.3 is 5.97 Å². The molecule has 1 saturated heterocycles. The van der Waals surface area contributed by atoms with Crippen LogP contribution in [0, 0.1) is 10.1 Å². The van der Waals surface area contributed by atoms with E-state index in [-0.39, 0.29) is 28.0 Å². The van der Waals surface area contributed by atoms with Crippen molar-refractivity contribution in [1.29, 1.82) is 0 Å². The second-order valence-electron chi connectivity index (χ2n) is 4.78. The molecule has 2 atom stereocenters. The molecule has 10 heteroatoms. The highest BCUT2D eigenvalue weighted by atomic mass is 32.2. The number of nitro benzene ring substituents is 1. The van der Waals surface area contributed by atoms with Crippen molar-refractivity contribution < 1.29 is 19.6 Å². The Morgan fingerprint density at radius 3 is 2.87 bits per heavy atom. The van der Waals surface area contributed by atoms with Crippen molar-refractivity contribution in [2.75, 3.05) is 0 Å². The fourth-order valence-corrected chi connectivity index (χ4v) is 4.48. The van der Waals surface area contributed by atoms with Crippen LogP contribution in [0.15, 0.2) is 40.9 Å². The van der Waals surface area contributed by atoms with E-state index in [1.54, 1.807) is 18.2 Å². The molecule has 1 aromatic carbocycles. The van der Waals surface area contributed by atoms with Crippen molar-refractivity contribution in [2.24, 2.45) is 0 Å². The molecule has 0 bridgehead atoms. The lowest BCUT2D eigenvalue weighted by Crippen LogP contribution is -2.55. The molecule has 0 radical (unpaired) electrons. The van der Waals surface area contributed by atoms with Gasteiger partial charge in [0.2, 0.25) is 5.91 Å². The number of carboxylic acids is 1. The van der Waals surface area contributed by atoms with Crippen LogP contribution in [0.4, 0.5) is 5.69 Å². The molecule has 120 valence electrons. The lowest BCUT2D eigenvalue weighted by Gasteiger charge is -2.44. The lowest BCUT2D eigenvalue weighted by molar-refractivity contribution is -0.387. The van der Waals surface area contributed by atoms with Gasteiger partial charge < -0.3 is 5.11 Å². The van der Waals surface area contributed by atoms with Gasteiger partial charge in [0.25, 0.3) is 5.69 Å². The minimum atomic E-state index is -1.16. The van der Waals surface area contributed by atoms with Crippen molar-refractivity contribution in [3.63, 3.8) is 0 Å². The third-order valence-corrected chi connectivity index (χ3v) is 5.67. The molecular formula is C13H11N3O5S2. The largest absolute Gasteiger partial charge is 0.477 e. The van der Waals surface area contributed by atoms with Crippen LogP contribution < -0.4 is 4.72 Å². The molecule has 8 nitrogen and oxygen atoms in total. The summed E-state index contributed by atoms with van der Waals surface area (Å²) in [5, 5.41) is 19.6. The maximum absolute atomic E-state index is 11.5. The fourth-order valence-electron chi connectivity index (χ4n) is 2.27. The number of nitro groups is 1. The fraction of sp³-hybridized carbons (Fsp3) is 0.231. The standard InChI is InChI=1S/C13H11N3O5S2/c17-11-6-12-15(11)8(13(18)19)5-10(22-12)14-23-9-4-2-1-3-7(9)16(20)21/h1-5,10,12,14H,6H2,(H,18,19)/t10?,12-/m1/s1. The lowest BCUT2D eigenvalue weighted by atomic mass is 10.1. The Labute approximate surface area is 139 Å². The number of aliphatic carboxylic acids is 1. The Kier molecular flexibility index (Phi) is 4.28. The monoisotopic (exact) mass is 353 g/mol. The summed E-state index contributed by atoms with van der Waals surface area (Å²) >= 11 is 2.47. The highest BCUT2D eigenvalue weighted by Gasteiger charge is 2.45. The molecule has 0 saturated carbocycles. The van der Waals surface area contributed by atoms with E-state index in [1.807, 2.05) is 0 Å². The van der Waals surface area contributed by atoms with Crippen molar-refractivity contribution in [2.45, 2.75) is 22.1 Å². The molecule has 3 rings (SSSR count). The summed E-state index contributed by atoms with van der Waals surface area (Å²) in [5.74, 6) is -1.37. The van der Waals surface area contributed by atoms with Crippen LogP contribution in [0.2, 0.25) is 0 Å². The molecule has 0 aliphatic carbocycles. The van der Waals surface area contributed by atoms with Gasteiger partial charge in [0.05, 0.1) is 22.1 Å². The number of rotatable bonds is 5. The number of nitrogens with one attached hydrogen (secondary N) is 1. The summed E-state index contributed by atoms with van der Waals surface area (Å²) in [6.45, 7) is 0. The zero-order valence-corrected chi connectivity index (χ0v) is 13.2. The highest BCUT2D eigenvalue weighted by Crippen LogP contribution is 2.41. The number of β-lactam (4-membered cyclic amide) rings is 1. The minimum absolute atomic E-state index is 0.0197. The zero-order chi connectivity index (χ0) is 16.6. The predicted octanol–water partition coefficient (Wildman–Crippen LogP) is 1.79. The number of amides is 1. The van der Waals surface area contributed by atoms with Crippen molar-refractivity contribution >= 4 is 41.3 Å². The molecule has 1 unspecified atom stereocenters. The molecule has 1 aromatic rings. The van der Waals surface area contributed by atoms with Crippen LogP contribution in [0.1, 0.15) is 6.42 Å². The number of carboxylic acid groups (broad SMARTS) is 1. The van der Waals surface area contributed by atoms with E-state index in [4.69, 9.17) is 0 Å². The molecule has 1 fully saturated rings. The molecule has 2 aliphatic heterocycles. The highest BCUT2D eigenvalue weighted by molar-refractivity contribution is 8.02. The normalized spacial score (nSPS) is 22.9. The number of carbonyl (C=O) groups is 2. The summed E-state index contributed by atoms with van der Waals surface area (Å²) < 4.78 is 3.02. The number of thioether (sulfide) groups is 1. The van der Waals surface area contributed by atoms with Crippen LogP contribution in [0.3, 0.4) is 0 Å². The first-order valence-corrected chi connectivity index (χ1v) is 8.31. The number of nitrogens with zero attached hydrogens (tertiary/aromatic N) is 2. The van der Waals surface area contributed by atoms with Crippen LogP contribution >= 0.6 is 23.7 Å². The predicted molar refractivity (Wildman–Crippen MR) is 84.4 cm³/mol. The first kappa shape index (κ1) is 15.8. The molecule has 23 heavy (non-hydrogen) atoms. The van der Waals surface area contributed by atoms with Gasteiger partial charge in [-0.1, -0.05) is 12.1 Å². The smallest absolute Gasteiger partial charge is 0.352 e. The molecule has 2 N–H and O–H groups in total. The Balaban J connectivity index is 1.74. The summed E-state index contributed by atoms with van der Waals surface area (Å²) in [6, 6.07) is 6.29. The van der Waals surface area contributed by atoms with Crippen LogP contribution in [-0.4, -0.2) is 37.6 Å². The molecule has 2 heterocycles. The first-order chi connectivity index (χ1) is 11.0. The maximum atomic E-state index is 11.5. The van der Waals surface area contributed by atoms with Gasteiger partial charge in [0.1, 0.15) is 10.6 Å². The Hall–Kier alpha value is -2.04. The Morgan fingerprint density at radius 1 is 1.48 bits per heavy atom. The van der Waals surface area contributed by atoms with E-state index in [0.29, 0.717) is 11.3 Å². The maximum Gasteiger partial charge on any atom is 0.352 e. The van der Waals surface area contributed by atoms with Gasteiger partial charge in [-0.2, -0.15) is 0 Å². The number of hydrogen-bond acceptors (Lipinski definition) is 7. The zero-order valence-electron chi connectivity index (χ0n) is 11.5. The summed E-state index contributed by atoms with van der Waals surface area (Å²) in [7, 11) is 0. The van der Waals surface area contributed by atoms with Crippen LogP contribution in [0.25, 0.3) is 0 Å². The SMILES string of the molecule is O=C(O)C1=CC(NSc2ccccc2[N+](=O)[O-])S[C@@H]2CC(=O)N12. The first-order valence-electron chi connectivity index (χ1n) is 6.56. The summed E-state index contributed by atoms with van der Waals surface area (Å²) in [5.41, 5.74) is -0.0700. The Morgan fingerprint density at radius 2 is 2.22 bits per heavy atom. The van der Waals surface area contributed by atoms with Gasteiger partial charge in [0, 0.05) is 6.07 Å². The molecule has 0 spiro atoms. The quantitative estimate of drug-likeness (QED) is 0.356. The van der Waals surface area contributed by atoms with Gasteiger partial charge in [-0.05, 0) is 24.1 Å². The van der Waals surface area contributed by atoms with Crippen molar-refractivity contribution in [3.05, 3.63) is 46.2 Å². The average molecular weight is 353 g/mol. The summed E-state index contributed by atoms with van der Waals surface area (Å²) in [6.07, 6.45) is 1.74. The second kappa shape index (κ2) is 6.22. The van der Waals surface area contributed by atoms with Crippen molar-refractivity contribution in [3.8, 4) is 0 Å². The van der Waals surface area contributed by atoms with E-state index in [0.717, 1.165) is 11.9 Å². The average Bonchev–Trinajstić information content (AvgIpc) is 2.51. The minimum Gasteiger partial charge on any atom is -0.477 e. The third-order valence-electron chi connectivity index (χ3n) is 3.34. The van der Waals surface area contributed by atoms with Crippen LogP contribution in [-0.2, 0) is 9.59 Å². The van der Waals surface area contributed by atoms with E-state index in [2.05, 4.69) is 4.72 Å².